The molecule has 0 bridgehead atoms. The number of phenolic OH excluding ortho intramolecular Hbond substituents is 2. The summed E-state index contributed by atoms with van der Waals surface area (Å²) in [6.07, 6.45) is 0. The Morgan fingerprint density at radius 3 is 1.47 bits per heavy atom. The molecule has 0 aliphatic rings. The van der Waals surface area contributed by atoms with E-state index in [1.54, 1.807) is 115 Å². The van der Waals surface area contributed by atoms with Gasteiger partial charge in [-0.3, -0.25) is 9.59 Å². The molecule has 13 heteroatoms. The van der Waals surface area contributed by atoms with Crippen LogP contribution in [0.3, 0.4) is 0 Å². The molecule has 7 rings (SSSR count). The lowest BCUT2D eigenvalue weighted by molar-refractivity contribution is 0.101. The van der Waals surface area contributed by atoms with Gasteiger partial charge in [-0.15, -0.1) is 20.5 Å². The Labute approximate surface area is 317 Å². The maximum Gasteiger partial charge on any atom is 0.259 e. The van der Waals surface area contributed by atoms with E-state index in [0.29, 0.717) is 59.4 Å². The molecule has 0 heterocycles. The number of aromatic hydroxyl groups is 2. The van der Waals surface area contributed by atoms with E-state index in [4.69, 9.17) is 34.8 Å². The predicted octanol–water partition coefficient (Wildman–Crippen LogP) is 12.7. The van der Waals surface area contributed by atoms with Gasteiger partial charge in [-0.05, 0) is 77.5 Å². The predicted molar refractivity (Wildman–Crippen MR) is 210 cm³/mol. The van der Waals surface area contributed by atoms with E-state index in [-0.39, 0.29) is 34.0 Å². The lowest BCUT2D eigenvalue weighted by Crippen LogP contribution is -2.13. The number of nitrogens with one attached hydrogen (secondary N) is 2. The molecule has 2 amide bonds. The van der Waals surface area contributed by atoms with Gasteiger partial charge in [0.15, 0.2) is 11.5 Å². The van der Waals surface area contributed by atoms with Crippen LogP contribution in [0, 0.1) is 0 Å². The second-order valence-electron chi connectivity index (χ2n) is 11.6. The zero-order valence-corrected chi connectivity index (χ0v) is 29.5. The van der Waals surface area contributed by atoms with Crippen molar-refractivity contribution >= 4 is 102 Å². The van der Waals surface area contributed by atoms with Gasteiger partial charge in [0, 0.05) is 27.2 Å². The molecular formula is C40H25Cl3N6O4. The van der Waals surface area contributed by atoms with Crippen molar-refractivity contribution in [3.8, 4) is 11.5 Å². The first kappa shape index (κ1) is 35.1. The number of phenols is 2. The van der Waals surface area contributed by atoms with E-state index in [9.17, 15) is 19.8 Å². The number of nitrogens with zero attached hydrogens (tertiary/aromatic N) is 4. The van der Waals surface area contributed by atoms with Crippen molar-refractivity contribution in [2.24, 2.45) is 20.5 Å². The highest BCUT2D eigenvalue weighted by atomic mass is 35.5. The molecule has 0 aliphatic carbocycles. The normalized spacial score (nSPS) is 11.5. The molecule has 10 nitrogen and oxygen atoms in total. The molecule has 0 saturated heterocycles. The molecule has 0 spiro atoms. The highest BCUT2D eigenvalue weighted by molar-refractivity contribution is 6.35. The van der Waals surface area contributed by atoms with Crippen molar-refractivity contribution < 1.29 is 19.8 Å². The van der Waals surface area contributed by atoms with Crippen LogP contribution in [0.2, 0.25) is 15.1 Å². The summed E-state index contributed by atoms with van der Waals surface area (Å²) in [4.78, 5) is 27.0. The topological polar surface area (TPSA) is 148 Å². The summed E-state index contributed by atoms with van der Waals surface area (Å²) in [5.74, 6) is -1.94. The van der Waals surface area contributed by atoms with Crippen molar-refractivity contribution in [2.45, 2.75) is 0 Å². The van der Waals surface area contributed by atoms with Crippen LogP contribution in [0.25, 0.3) is 21.5 Å². The lowest BCUT2D eigenvalue weighted by atomic mass is 10.0. The molecule has 0 saturated carbocycles. The van der Waals surface area contributed by atoms with E-state index in [2.05, 4.69) is 31.1 Å². The molecule has 7 aromatic carbocycles. The Balaban J connectivity index is 1.12. The van der Waals surface area contributed by atoms with E-state index >= 15 is 0 Å². The first-order chi connectivity index (χ1) is 25.7. The summed E-state index contributed by atoms with van der Waals surface area (Å²) >= 11 is 18.6. The van der Waals surface area contributed by atoms with Crippen LogP contribution in [0.15, 0.2) is 148 Å². The van der Waals surface area contributed by atoms with Gasteiger partial charge in [-0.1, -0.05) is 95.5 Å². The molecule has 0 unspecified atom stereocenters. The van der Waals surface area contributed by atoms with Gasteiger partial charge < -0.3 is 20.8 Å². The van der Waals surface area contributed by atoms with Crippen LogP contribution in [0.1, 0.15) is 20.7 Å². The summed E-state index contributed by atoms with van der Waals surface area (Å²) in [7, 11) is 0. The molecule has 0 aromatic heterocycles. The first-order valence-corrected chi connectivity index (χ1v) is 17.0. The smallest absolute Gasteiger partial charge is 0.259 e. The third-order valence-electron chi connectivity index (χ3n) is 8.16. The molecule has 0 atom stereocenters. The maximum atomic E-state index is 13.5. The minimum absolute atomic E-state index is 0.0217. The number of hydrogen-bond acceptors (Lipinski definition) is 8. The second kappa shape index (κ2) is 15.1. The van der Waals surface area contributed by atoms with E-state index < -0.39 is 11.8 Å². The molecule has 0 aliphatic heterocycles. The minimum atomic E-state index is -0.609. The summed E-state index contributed by atoms with van der Waals surface area (Å²) in [6.45, 7) is 0. The number of hydrogen-bond donors (Lipinski definition) is 4. The highest BCUT2D eigenvalue weighted by Gasteiger charge is 2.21. The number of carbonyl (C=O) groups is 2. The van der Waals surface area contributed by atoms with Gasteiger partial charge in [0.2, 0.25) is 0 Å². The van der Waals surface area contributed by atoms with Crippen molar-refractivity contribution in [1.82, 2.24) is 0 Å². The summed E-state index contributed by atoms with van der Waals surface area (Å²) < 4.78 is 0. The van der Waals surface area contributed by atoms with Gasteiger partial charge in [-0.25, -0.2) is 0 Å². The van der Waals surface area contributed by atoms with Gasteiger partial charge >= 0.3 is 0 Å². The second-order valence-corrected chi connectivity index (χ2v) is 12.9. The van der Waals surface area contributed by atoms with Crippen LogP contribution in [-0.4, -0.2) is 22.0 Å². The monoisotopic (exact) mass is 758 g/mol. The SMILES string of the molecule is O=C(Nc1ccc(NC(=O)c2cc3ccccc3c(N=Nc3cc(Cl)ccc3Cl)c2O)cc1)c1cc2ccccc2c(N=Nc2ccccc2Cl)c1O. The van der Waals surface area contributed by atoms with Crippen LogP contribution in [0.5, 0.6) is 11.5 Å². The Hall–Kier alpha value is -6.33. The Morgan fingerprint density at radius 1 is 0.491 bits per heavy atom. The van der Waals surface area contributed by atoms with Crippen molar-refractivity contribution in [2.75, 3.05) is 10.6 Å². The molecule has 260 valence electrons. The van der Waals surface area contributed by atoms with Crippen molar-refractivity contribution in [1.29, 1.82) is 0 Å². The zero-order valence-electron chi connectivity index (χ0n) is 27.3. The Bertz CT molecular complexity index is 2630. The molecular weight excluding hydrogens is 735 g/mol. The maximum absolute atomic E-state index is 13.5. The third kappa shape index (κ3) is 7.51. The average Bonchev–Trinajstić information content (AvgIpc) is 3.16. The summed E-state index contributed by atoms with van der Waals surface area (Å²) in [5, 5.41) is 48.5. The highest BCUT2D eigenvalue weighted by Crippen LogP contribution is 2.42. The van der Waals surface area contributed by atoms with E-state index in [1.807, 2.05) is 6.07 Å². The van der Waals surface area contributed by atoms with Crippen LogP contribution >= 0.6 is 34.8 Å². The number of anilines is 2. The third-order valence-corrected chi connectivity index (χ3v) is 9.03. The average molecular weight is 760 g/mol. The van der Waals surface area contributed by atoms with Crippen molar-refractivity contribution in [3.05, 3.63) is 154 Å². The number of amides is 2. The minimum Gasteiger partial charge on any atom is -0.505 e. The van der Waals surface area contributed by atoms with Gasteiger partial charge in [0.1, 0.15) is 22.7 Å². The standard InChI is InChI=1S/C40H25Cl3N6O4/c41-24-13-18-32(43)34(21-24)47-49-36-28-10-4-2-8-23(28)20-30(38(36)51)40(53)45-26-16-14-25(15-17-26)44-39(52)29-19-22-7-1-3-9-27(22)35(37(29)50)48-46-33-12-6-5-11-31(33)42/h1-21,50-51H,(H,44,52)(H,45,53). The number of rotatable bonds is 8. The zero-order chi connectivity index (χ0) is 37.1. The number of halogens is 3. The van der Waals surface area contributed by atoms with Crippen LogP contribution in [0.4, 0.5) is 34.1 Å². The van der Waals surface area contributed by atoms with E-state index in [0.717, 1.165) is 0 Å². The number of benzene rings is 7. The fraction of sp³-hybridized carbons (Fsp3) is 0. The molecule has 4 N–H and O–H groups in total. The molecule has 0 radical (unpaired) electrons. The van der Waals surface area contributed by atoms with Gasteiger partial charge in [0.05, 0.1) is 21.2 Å². The molecule has 0 fully saturated rings. The van der Waals surface area contributed by atoms with Gasteiger partial charge in [-0.2, -0.15) is 0 Å². The first-order valence-electron chi connectivity index (χ1n) is 15.9. The summed E-state index contributed by atoms with van der Waals surface area (Å²) in [6, 6.07) is 35.3. The summed E-state index contributed by atoms with van der Waals surface area (Å²) in [5.41, 5.74) is 1.59. The van der Waals surface area contributed by atoms with Crippen LogP contribution in [-0.2, 0) is 0 Å². The number of fused-ring (bicyclic) bond motifs is 2. The van der Waals surface area contributed by atoms with Crippen LogP contribution < -0.4 is 10.6 Å². The molecule has 53 heavy (non-hydrogen) atoms. The van der Waals surface area contributed by atoms with Gasteiger partial charge in [0.25, 0.3) is 11.8 Å². The lowest BCUT2D eigenvalue weighted by Gasteiger charge is -2.13. The number of carbonyl (C=O) groups excluding carboxylic acids is 2. The fourth-order valence-electron chi connectivity index (χ4n) is 5.52. The molecule has 7 aromatic rings. The largest absolute Gasteiger partial charge is 0.505 e. The van der Waals surface area contributed by atoms with Crippen molar-refractivity contribution in [3.63, 3.8) is 0 Å². The quantitative estimate of drug-likeness (QED) is 0.114. The van der Waals surface area contributed by atoms with E-state index in [1.165, 1.54) is 6.07 Å². The fourth-order valence-corrected chi connectivity index (χ4v) is 6.02. The number of azo groups is 2. The Morgan fingerprint density at radius 2 is 0.943 bits per heavy atom. The Kier molecular flexibility index (Phi) is 10.0.